The number of allylic oxidation sites excluding steroid dienone is 3. The summed E-state index contributed by atoms with van der Waals surface area (Å²) < 4.78 is 11.1. The van der Waals surface area contributed by atoms with E-state index >= 15 is 0 Å². The van der Waals surface area contributed by atoms with Crippen LogP contribution < -0.4 is 15.4 Å². The lowest BCUT2D eigenvalue weighted by Crippen LogP contribution is -2.06. The Bertz CT molecular complexity index is 950. The Kier molecular flexibility index (Phi) is 6.08. The Balaban J connectivity index is 1.74. The molecule has 0 radical (unpaired) electrons. The van der Waals surface area contributed by atoms with E-state index in [4.69, 9.17) is 14.6 Å². The second-order valence-electron chi connectivity index (χ2n) is 5.85. The molecule has 7 nitrogen and oxygen atoms in total. The molecule has 0 spiro atoms. The normalized spacial score (nSPS) is 14.4. The fourth-order valence-corrected chi connectivity index (χ4v) is 2.63. The molecule has 1 aromatic heterocycles. The number of ether oxygens (including phenoxy) is 2. The Labute approximate surface area is 163 Å². The van der Waals surface area contributed by atoms with Crippen LogP contribution in [0.15, 0.2) is 73.0 Å². The summed E-state index contributed by atoms with van der Waals surface area (Å²) in [6, 6.07) is 10.8. The number of aromatic nitrogens is 1. The van der Waals surface area contributed by atoms with E-state index in [2.05, 4.69) is 22.2 Å². The van der Waals surface area contributed by atoms with Gasteiger partial charge >= 0.3 is 0 Å². The molecule has 0 bridgehead atoms. The van der Waals surface area contributed by atoms with Crippen molar-refractivity contribution in [2.24, 2.45) is 0 Å². The Morgan fingerprint density at radius 2 is 2.14 bits per heavy atom. The molecule has 1 aromatic carbocycles. The number of nitrogens with zero attached hydrogens (tertiary/aromatic N) is 1. The van der Waals surface area contributed by atoms with Crippen molar-refractivity contribution < 1.29 is 19.4 Å². The molecular formula is C21H21N3O4. The molecule has 0 saturated heterocycles. The van der Waals surface area contributed by atoms with Crippen LogP contribution in [-0.4, -0.2) is 36.1 Å². The van der Waals surface area contributed by atoms with E-state index in [-0.39, 0.29) is 30.6 Å². The van der Waals surface area contributed by atoms with Crippen molar-refractivity contribution in [2.45, 2.75) is 0 Å². The molecule has 2 aromatic rings. The van der Waals surface area contributed by atoms with Crippen LogP contribution >= 0.6 is 0 Å². The number of hydrogen-bond donors (Lipinski definition) is 3. The molecule has 0 aliphatic carbocycles. The lowest BCUT2D eigenvalue weighted by atomic mass is 10.1. The van der Waals surface area contributed by atoms with Crippen LogP contribution in [0.4, 0.5) is 11.5 Å². The molecule has 1 aliphatic rings. The minimum absolute atomic E-state index is 0.0933. The minimum Gasteiger partial charge on any atom is -0.489 e. The van der Waals surface area contributed by atoms with Gasteiger partial charge in [-0.25, -0.2) is 4.98 Å². The van der Waals surface area contributed by atoms with Gasteiger partial charge in [0.2, 0.25) is 11.7 Å². The maximum Gasteiger partial charge on any atom is 0.226 e. The average Bonchev–Trinajstić information content (AvgIpc) is 3.05. The first-order valence-electron chi connectivity index (χ1n) is 8.69. The molecule has 0 saturated carbocycles. The third-order valence-electron chi connectivity index (χ3n) is 3.91. The third-order valence-corrected chi connectivity index (χ3v) is 3.91. The van der Waals surface area contributed by atoms with E-state index in [1.54, 1.807) is 37.5 Å². The van der Waals surface area contributed by atoms with Crippen LogP contribution in [0.2, 0.25) is 0 Å². The van der Waals surface area contributed by atoms with Gasteiger partial charge in [-0.1, -0.05) is 18.7 Å². The highest BCUT2D eigenvalue weighted by atomic mass is 16.5. The summed E-state index contributed by atoms with van der Waals surface area (Å²) in [7, 11) is 1.77. The molecule has 28 heavy (non-hydrogen) atoms. The second kappa shape index (κ2) is 8.88. The molecule has 0 unspecified atom stereocenters. The van der Waals surface area contributed by atoms with Gasteiger partial charge in [0.15, 0.2) is 5.76 Å². The quantitative estimate of drug-likeness (QED) is 0.607. The Hall–Kier alpha value is -3.58. The molecule has 2 heterocycles. The van der Waals surface area contributed by atoms with Crippen molar-refractivity contribution >= 4 is 22.9 Å². The SMILES string of the molecule is C=C(/C=C1\OC(Nc2ccccc2OCCO)=CC1=O)c1cccnc1NC. The molecule has 3 rings (SSSR count). The smallest absolute Gasteiger partial charge is 0.226 e. The molecular weight excluding hydrogens is 358 g/mol. The van der Waals surface area contributed by atoms with Crippen molar-refractivity contribution in [2.75, 3.05) is 30.9 Å². The summed E-state index contributed by atoms with van der Waals surface area (Å²) in [5.41, 5.74) is 2.00. The maximum absolute atomic E-state index is 12.3. The molecule has 3 N–H and O–H groups in total. The van der Waals surface area contributed by atoms with E-state index in [9.17, 15) is 4.79 Å². The average molecular weight is 379 g/mol. The van der Waals surface area contributed by atoms with Crippen molar-refractivity contribution in [1.29, 1.82) is 0 Å². The number of nitrogens with one attached hydrogen (secondary N) is 2. The molecule has 0 atom stereocenters. The highest BCUT2D eigenvalue weighted by molar-refractivity contribution is 6.06. The van der Waals surface area contributed by atoms with E-state index in [0.29, 0.717) is 22.8 Å². The predicted octanol–water partition coefficient (Wildman–Crippen LogP) is 2.94. The van der Waals surface area contributed by atoms with Crippen molar-refractivity contribution in [3.05, 3.63) is 78.5 Å². The molecule has 0 amide bonds. The number of carbonyl (C=O) groups excluding carboxylic acids is 1. The second-order valence-corrected chi connectivity index (χ2v) is 5.85. The van der Waals surface area contributed by atoms with Gasteiger partial charge in [0.25, 0.3) is 0 Å². The summed E-state index contributed by atoms with van der Waals surface area (Å²) >= 11 is 0. The number of aliphatic hydroxyl groups is 1. The van der Waals surface area contributed by atoms with Crippen molar-refractivity contribution in [3.8, 4) is 5.75 Å². The number of pyridine rings is 1. The van der Waals surface area contributed by atoms with Gasteiger partial charge in [-0.2, -0.15) is 0 Å². The van der Waals surface area contributed by atoms with E-state index in [1.165, 1.54) is 6.08 Å². The number of hydrogen-bond acceptors (Lipinski definition) is 7. The molecule has 144 valence electrons. The fourth-order valence-electron chi connectivity index (χ4n) is 2.63. The van der Waals surface area contributed by atoms with Crippen LogP contribution in [0, 0.1) is 0 Å². The zero-order valence-corrected chi connectivity index (χ0v) is 15.4. The summed E-state index contributed by atoms with van der Waals surface area (Å²) in [6.45, 7) is 4.09. The number of anilines is 2. The summed E-state index contributed by atoms with van der Waals surface area (Å²) in [6.07, 6.45) is 4.62. The first kappa shape index (κ1) is 19.2. The standard InChI is InChI=1S/C21H21N3O4/c1-14(15-6-5-9-23-21(15)22-2)12-19-17(26)13-20(28-19)24-16-7-3-4-8-18(16)27-11-10-25/h3-9,12-13,24-25H,1,10-11H2,2H3,(H,22,23)/b19-12-. The zero-order chi connectivity index (χ0) is 19.9. The van der Waals surface area contributed by atoms with Crippen molar-refractivity contribution in [1.82, 2.24) is 4.98 Å². The largest absolute Gasteiger partial charge is 0.489 e. The zero-order valence-electron chi connectivity index (χ0n) is 15.4. The van der Waals surface area contributed by atoms with Gasteiger partial charge < -0.3 is 25.2 Å². The van der Waals surface area contributed by atoms with Crippen LogP contribution in [-0.2, 0) is 9.53 Å². The third kappa shape index (κ3) is 4.39. The Morgan fingerprint density at radius 1 is 1.32 bits per heavy atom. The number of benzene rings is 1. The first-order valence-corrected chi connectivity index (χ1v) is 8.69. The first-order chi connectivity index (χ1) is 13.6. The Morgan fingerprint density at radius 3 is 2.93 bits per heavy atom. The summed E-state index contributed by atoms with van der Waals surface area (Å²) in [5, 5.41) is 15.0. The fraction of sp³-hybridized carbons (Fsp3) is 0.143. The number of para-hydroxylation sites is 2. The summed E-state index contributed by atoms with van der Waals surface area (Å²) in [4.78, 5) is 16.5. The van der Waals surface area contributed by atoms with E-state index in [1.807, 2.05) is 18.2 Å². The van der Waals surface area contributed by atoms with Crippen LogP contribution in [0.3, 0.4) is 0 Å². The molecule has 1 aliphatic heterocycles. The van der Waals surface area contributed by atoms with Gasteiger partial charge in [-0.15, -0.1) is 0 Å². The van der Waals surface area contributed by atoms with Crippen molar-refractivity contribution in [3.63, 3.8) is 0 Å². The van der Waals surface area contributed by atoms with Crippen LogP contribution in [0.1, 0.15) is 5.56 Å². The highest BCUT2D eigenvalue weighted by Gasteiger charge is 2.22. The number of carbonyl (C=O) groups is 1. The number of rotatable bonds is 8. The van der Waals surface area contributed by atoms with Gasteiger partial charge in [0.05, 0.1) is 18.4 Å². The predicted molar refractivity (Wildman–Crippen MR) is 108 cm³/mol. The van der Waals surface area contributed by atoms with Crippen LogP contribution in [0.5, 0.6) is 5.75 Å². The van der Waals surface area contributed by atoms with Gasteiger partial charge in [-0.05, 0) is 35.9 Å². The topological polar surface area (TPSA) is 92.7 Å². The van der Waals surface area contributed by atoms with Gasteiger partial charge in [0.1, 0.15) is 18.2 Å². The van der Waals surface area contributed by atoms with Crippen LogP contribution in [0.25, 0.3) is 5.57 Å². The molecule has 0 fully saturated rings. The van der Waals surface area contributed by atoms with Gasteiger partial charge in [-0.3, -0.25) is 4.79 Å². The highest BCUT2D eigenvalue weighted by Crippen LogP contribution is 2.29. The van der Waals surface area contributed by atoms with E-state index < -0.39 is 0 Å². The maximum atomic E-state index is 12.3. The lowest BCUT2D eigenvalue weighted by Gasteiger charge is -2.13. The summed E-state index contributed by atoms with van der Waals surface area (Å²) in [5.74, 6) is 1.38. The monoisotopic (exact) mass is 379 g/mol. The molecule has 7 heteroatoms. The number of aliphatic hydroxyl groups excluding tert-OH is 1. The van der Waals surface area contributed by atoms with E-state index in [0.717, 1.165) is 5.56 Å². The lowest BCUT2D eigenvalue weighted by molar-refractivity contribution is -0.112. The number of ketones is 1. The van der Waals surface area contributed by atoms with Gasteiger partial charge in [0, 0.05) is 18.8 Å². The minimum atomic E-state index is -0.271.